The third-order valence-corrected chi connectivity index (χ3v) is 2.02. The van der Waals surface area contributed by atoms with Crippen LogP contribution in [0.4, 0.5) is 4.79 Å². The van der Waals surface area contributed by atoms with Gasteiger partial charge in [-0.2, -0.15) is 0 Å². The molecule has 0 aromatic rings. The first-order valence-corrected chi connectivity index (χ1v) is 4.90. The number of rotatable bonds is 2. The van der Waals surface area contributed by atoms with Gasteiger partial charge in [0, 0.05) is 12.1 Å². The molecule has 3 heteroatoms. The van der Waals surface area contributed by atoms with Gasteiger partial charge in [0.05, 0.1) is 0 Å². The Hall–Kier alpha value is -0.990. The van der Waals surface area contributed by atoms with E-state index >= 15 is 0 Å². The van der Waals surface area contributed by atoms with Gasteiger partial charge >= 0.3 is 6.03 Å². The molecule has 0 saturated heterocycles. The lowest BCUT2D eigenvalue weighted by molar-refractivity contribution is 0.233. The highest BCUT2D eigenvalue weighted by Crippen LogP contribution is 2.09. The first-order valence-electron chi connectivity index (χ1n) is 4.90. The molecule has 1 aliphatic rings. The van der Waals surface area contributed by atoms with Crippen LogP contribution in [-0.2, 0) is 0 Å². The summed E-state index contributed by atoms with van der Waals surface area (Å²) in [7, 11) is 0. The second kappa shape index (κ2) is 4.90. The molecule has 0 heterocycles. The first kappa shape index (κ1) is 10.1. The number of carbonyl (C=O) groups excluding carboxylic acids is 1. The van der Waals surface area contributed by atoms with Crippen molar-refractivity contribution in [1.29, 1.82) is 0 Å². The molecule has 0 saturated carbocycles. The minimum atomic E-state index is -0.0460. The maximum absolute atomic E-state index is 11.3. The van der Waals surface area contributed by atoms with E-state index in [4.69, 9.17) is 0 Å². The van der Waals surface area contributed by atoms with Gasteiger partial charge in [0.25, 0.3) is 0 Å². The van der Waals surface area contributed by atoms with Crippen molar-refractivity contribution in [2.45, 2.75) is 45.2 Å². The number of carbonyl (C=O) groups is 1. The molecule has 1 atom stereocenters. The van der Waals surface area contributed by atoms with Crippen LogP contribution in [0.5, 0.6) is 0 Å². The average Bonchev–Trinajstić information content (AvgIpc) is 2.04. The normalized spacial score (nSPS) is 21.6. The molecule has 0 aromatic carbocycles. The molecule has 0 spiro atoms. The van der Waals surface area contributed by atoms with Crippen molar-refractivity contribution >= 4 is 6.03 Å². The number of allylic oxidation sites excluding steroid dienone is 1. The van der Waals surface area contributed by atoms with Gasteiger partial charge in [-0.1, -0.05) is 12.2 Å². The van der Waals surface area contributed by atoms with E-state index in [1.807, 2.05) is 13.8 Å². The van der Waals surface area contributed by atoms with E-state index in [0.717, 1.165) is 19.3 Å². The molecule has 0 aliphatic heterocycles. The van der Waals surface area contributed by atoms with Gasteiger partial charge in [-0.05, 0) is 33.1 Å². The highest BCUT2D eigenvalue weighted by Gasteiger charge is 2.12. The summed E-state index contributed by atoms with van der Waals surface area (Å²) in [4.78, 5) is 11.3. The van der Waals surface area contributed by atoms with E-state index in [-0.39, 0.29) is 12.1 Å². The Morgan fingerprint density at radius 3 is 2.77 bits per heavy atom. The monoisotopic (exact) mass is 182 g/mol. The fourth-order valence-corrected chi connectivity index (χ4v) is 1.41. The zero-order valence-corrected chi connectivity index (χ0v) is 8.34. The van der Waals surface area contributed by atoms with E-state index in [0.29, 0.717) is 6.04 Å². The van der Waals surface area contributed by atoms with Gasteiger partial charge in [0.1, 0.15) is 0 Å². The van der Waals surface area contributed by atoms with E-state index in [1.165, 1.54) is 0 Å². The molecule has 13 heavy (non-hydrogen) atoms. The standard InChI is InChI=1S/C10H18N2O/c1-8(2)11-10(13)12-9-6-4-3-5-7-9/h3-4,8-9H,5-7H2,1-2H3,(H2,11,12,13). The van der Waals surface area contributed by atoms with Crippen molar-refractivity contribution in [1.82, 2.24) is 10.6 Å². The van der Waals surface area contributed by atoms with Gasteiger partial charge in [-0.15, -0.1) is 0 Å². The van der Waals surface area contributed by atoms with Crippen molar-refractivity contribution < 1.29 is 4.79 Å². The van der Waals surface area contributed by atoms with Gasteiger partial charge in [-0.25, -0.2) is 4.79 Å². The van der Waals surface area contributed by atoms with Crippen molar-refractivity contribution in [2.75, 3.05) is 0 Å². The molecule has 0 fully saturated rings. The number of amides is 2. The summed E-state index contributed by atoms with van der Waals surface area (Å²) < 4.78 is 0. The zero-order valence-electron chi connectivity index (χ0n) is 8.34. The van der Waals surface area contributed by atoms with Crippen LogP contribution in [0.1, 0.15) is 33.1 Å². The molecule has 2 amide bonds. The lowest BCUT2D eigenvalue weighted by Crippen LogP contribution is -2.44. The number of hydrogen-bond donors (Lipinski definition) is 2. The summed E-state index contributed by atoms with van der Waals surface area (Å²) >= 11 is 0. The van der Waals surface area contributed by atoms with Gasteiger partial charge in [0.2, 0.25) is 0 Å². The van der Waals surface area contributed by atoms with Crippen LogP contribution >= 0.6 is 0 Å². The van der Waals surface area contributed by atoms with E-state index in [2.05, 4.69) is 22.8 Å². The third kappa shape index (κ3) is 3.97. The number of nitrogens with one attached hydrogen (secondary N) is 2. The number of hydrogen-bond acceptors (Lipinski definition) is 1. The SMILES string of the molecule is CC(C)NC(=O)NC1CC=CCC1. The van der Waals surface area contributed by atoms with Gasteiger partial charge in [-0.3, -0.25) is 0 Å². The molecular weight excluding hydrogens is 164 g/mol. The summed E-state index contributed by atoms with van der Waals surface area (Å²) in [5, 5.41) is 5.76. The van der Waals surface area contributed by atoms with Crippen LogP contribution in [0, 0.1) is 0 Å². The maximum atomic E-state index is 11.3. The average molecular weight is 182 g/mol. The highest BCUT2D eigenvalue weighted by atomic mass is 16.2. The van der Waals surface area contributed by atoms with Crippen molar-refractivity contribution in [3.8, 4) is 0 Å². The zero-order chi connectivity index (χ0) is 9.68. The Morgan fingerprint density at radius 2 is 2.23 bits per heavy atom. The van der Waals surface area contributed by atoms with E-state index < -0.39 is 0 Å². The largest absolute Gasteiger partial charge is 0.336 e. The number of urea groups is 1. The smallest absolute Gasteiger partial charge is 0.315 e. The summed E-state index contributed by atoms with van der Waals surface area (Å²) in [5.41, 5.74) is 0. The fourth-order valence-electron chi connectivity index (χ4n) is 1.41. The molecule has 2 N–H and O–H groups in total. The second-order valence-electron chi connectivity index (χ2n) is 3.75. The van der Waals surface area contributed by atoms with Gasteiger partial charge in [0.15, 0.2) is 0 Å². The van der Waals surface area contributed by atoms with Crippen molar-refractivity contribution in [3.63, 3.8) is 0 Å². The van der Waals surface area contributed by atoms with Crippen molar-refractivity contribution in [3.05, 3.63) is 12.2 Å². The van der Waals surface area contributed by atoms with Gasteiger partial charge < -0.3 is 10.6 Å². The van der Waals surface area contributed by atoms with Crippen molar-refractivity contribution in [2.24, 2.45) is 0 Å². The quantitative estimate of drug-likeness (QED) is 0.628. The van der Waals surface area contributed by atoms with Crippen LogP contribution in [0.15, 0.2) is 12.2 Å². The summed E-state index contributed by atoms with van der Waals surface area (Å²) in [5.74, 6) is 0. The lowest BCUT2D eigenvalue weighted by atomic mass is 10.0. The maximum Gasteiger partial charge on any atom is 0.315 e. The summed E-state index contributed by atoms with van der Waals surface area (Å²) in [6.07, 6.45) is 7.39. The fraction of sp³-hybridized carbons (Fsp3) is 0.700. The highest BCUT2D eigenvalue weighted by molar-refractivity contribution is 5.74. The van der Waals surface area contributed by atoms with E-state index in [1.54, 1.807) is 0 Å². The Labute approximate surface area is 79.6 Å². The third-order valence-electron chi connectivity index (χ3n) is 2.02. The Kier molecular flexibility index (Phi) is 3.80. The molecule has 3 nitrogen and oxygen atoms in total. The van der Waals surface area contributed by atoms with Crippen LogP contribution in [0.3, 0.4) is 0 Å². The minimum absolute atomic E-state index is 0.0460. The Balaban J connectivity index is 2.23. The van der Waals surface area contributed by atoms with Crippen LogP contribution in [0.25, 0.3) is 0 Å². The lowest BCUT2D eigenvalue weighted by Gasteiger charge is -2.20. The molecule has 74 valence electrons. The topological polar surface area (TPSA) is 41.1 Å². The molecule has 1 rings (SSSR count). The van der Waals surface area contributed by atoms with E-state index in [9.17, 15) is 4.79 Å². The minimum Gasteiger partial charge on any atom is -0.336 e. The molecular formula is C10H18N2O. The molecule has 1 aliphatic carbocycles. The summed E-state index contributed by atoms with van der Waals surface area (Å²) in [6.45, 7) is 3.92. The Morgan fingerprint density at radius 1 is 1.46 bits per heavy atom. The summed E-state index contributed by atoms with van der Waals surface area (Å²) in [6, 6.07) is 0.484. The second-order valence-corrected chi connectivity index (χ2v) is 3.75. The molecule has 1 unspecified atom stereocenters. The predicted molar refractivity (Wildman–Crippen MR) is 53.6 cm³/mol. The molecule has 0 bridgehead atoms. The molecule has 0 aromatic heterocycles. The molecule has 0 radical (unpaired) electrons. The van der Waals surface area contributed by atoms with Crippen LogP contribution in [-0.4, -0.2) is 18.1 Å². The first-order chi connectivity index (χ1) is 6.18. The van der Waals surface area contributed by atoms with Crippen LogP contribution in [0.2, 0.25) is 0 Å². The Bertz CT molecular complexity index is 199. The predicted octanol–water partition coefficient (Wildman–Crippen LogP) is 1.80. The van der Waals surface area contributed by atoms with Crippen LogP contribution < -0.4 is 10.6 Å².